The summed E-state index contributed by atoms with van der Waals surface area (Å²) in [5.74, 6) is 7.17. The molecule has 9 aliphatic rings. The molecule has 1 unspecified atom stereocenters. The summed E-state index contributed by atoms with van der Waals surface area (Å²) in [6.07, 6.45) is 18.2. The van der Waals surface area contributed by atoms with Crippen LogP contribution >= 0.6 is 0 Å². The first-order valence-corrected chi connectivity index (χ1v) is 14.4. The Labute approximate surface area is 200 Å². The third-order valence-corrected chi connectivity index (χ3v) is 11.8. The lowest BCUT2D eigenvalue weighted by Crippen LogP contribution is -2.53. The van der Waals surface area contributed by atoms with Gasteiger partial charge in [-0.25, -0.2) is 0 Å². The molecular weight excluding hydrogens is 404 g/mol. The van der Waals surface area contributed by atoms with Crippen LogP contribution < -0.4 is 4.74 Å². The molecule has 9 fully saturated rings. The summed E-state index contributed by atoms with van der Waals surface area (Å²) in [7, 11) is 0. The van der Waals surface area contributed by atoms with E-state index in [4.69, 9.17) is 9.47 Å². The van der Waals surface area contributed by atoms with Crippen LogP contribution in [0.5, 0.6) is 5.75 Å². The zero-order valence-corrected chi connectivity index (χ0v) is 20.8. The summed E-state index contributed by atoms with van der Waals surface area (Å²) >= 11 is 0. The average molecular weight is 447 g/mol. The van der Waals surface area contributed by atoms with Crippen molar-refractivity contribution in [3.8, 4) is 5.75 Å². The monoisotopic (exact) mass is 446 g/mol. The van der Waals surface area contributed by atoms with E-state index < -0.39 is 0 Å². The van der Waals surface area contributed by atoms with Crippen molar-refractivity contribution in [3.63, 3.8) is 0 Å². The van der Waals surface area contributed by atoms with Crippen molar-refractivity contribution in [2.24, 2.45) is 35.5 Å². The number of rotatable bonds is 5. The van der Waals surface area contributed by atoms with Crippen LogP contribution in [0, 0.1) is 49.4 Å². The quantitative estimate of drug-likeness (QED) is 0.453. The van der Waals surface area contributed by atoms with Crippen LogP contribution in [0.4, 0.5) is 0 Å². The molecule has 2 nitrogen and oxygen atoms in total. The molecule has 0 amide bonds. The Morgan fingerprint density at radius 1 is 0.727 bits per heavy atom. The molecule has 1 atom stereocenters. The van der Waals surface area contributed by atoms with Crippen molar-refractivity contribution in [1.29, 1.82) is 0 Å². The standard InChI is InChI=1S/C31H42O2/c1-18-3-27(33-17-26-16-32-26)29(31-13-23-7-24(14-31)9-25(8-23)15-31)28(19(18)2)30-10-20-4-21(11-30)6-22(5-20)12-30/h3,20-26H,4-17H2,1-2H3. The molecule has 8 saturated carbocycles. The van der Waals surface area contributed by atoms with Gasteiger partial charge in [0.05, 0.1) is 6.61 Å². The van der Waals surface area contributed by atoms with E-state index in [1.165, 1.54) is 88.4 Å². The second-order valence-corrected chi connectivity index (χ2v) is 14.2. The largest absolute Gasteiger partial charge is 0.490 e. The zero-order valence-electron chi connectivity index (χ0n) is 20.8. The molecule has 1 heterocycles. The van der Waals surface area contributed by atoms with E-state index in [-0.39, 0.29) is 0 Å². The van der Waals surface area contributed by atoms with Crippen LogP contribution in [-0.2, 0) is 15.6 Å². The van der Waals surface area contributed by atoms with Gasteiger partial charge in [-0.3, -0.25) is 0 Å². The van der Waals surface area contributed by atoms with Gasteiger partial charge in [-0.05, 0) is 155 Å². The predicted molar refractivity (Wildman–Crippen MR) is 131 cm³/mol. The minimum absolute atomic E-state index is 0.332. The first kappa shape index (κ1) is 20.2. The lowest BCUT2D eigenvalue weighted by Gasteiger charge is -2.61. The van der Waals surface area contributed by atoms with E-state index in [1.807, 2.05) is 5.56 Å². The van der Waals surface area contributed by atoms with Gasteiger partial charge in [0.25, 0.3) is 0 Å². The van der Waals surface area contributed by atoms with Crippen molar-refractivity contribution in [1.82, 2.24) is 0 Å². The van der Waals surface area contributed by atoms with Gasteiger partial charge in [-0.2, -0.15) is 0 Å². The van der Waals surface area contributed by atoms with E-state index in [2.05, 4.69) is 19.9 Å². The van der Waals surface area contributed by atoms with Crippen LogP contribution in [0.2, 0.25) is 0 Å². The number of epoxide rings is 1. The Balaban J connectivity index is 1.33. The molecule has 1 saturated heterocycles. The number of benzene rings is 1. The highest BCUT2D eigenvalue weighted by molar-refractivity contribution is 5.57. The van der Waals surface area contributed by atoms with Crippen LogP contribution in [0.25, 0.3) is 0 Å². The molecular formula is C31H42O2. The molecule has 1 aliphatic heterocycles. The van der Waals surface area contributed by atoms with E-state index in [1.54, 1.807) is 11.1 Å². The molecule has 10 rings (SSSR count). The maximum Gasteiger partial charge on any atom is 0.123 e. The average Bonchev–Trinajstić information content (AvgIpc) is 3.56. The Kier molecular flexibility index (Phi) is 4.16. The normalized spacial score (nSPS) is 48.5. The molecule has 1 aromatic rings. The highest BCUT2D eigenvalue weighted by Gasteiger charge is 2.58. The van der Waals surface area contributed by atoms with Crippen LogP contribution in [0.3, 0.4) is 0 Å². The lowest BCUT2D eigenvalue weighted by atomic mass is 9.43. The Hall–Kier alpha value is -1.02. The number of hydrogen-bond acceptors (Lipinski definition) is 2. The summed E-state index contributed by atoms with van der Waals surface area (Å²) < 4.78 is 12.3. The summed E-state index contributed by atoms with van der Waals surface area (Å²) in [6, 6.07) is 2.45. The van der Waals surface area contributed by atoms with Gasteiger partial charge in [-0.1, -0.05) is 0 Å². The topological polar surface area (TPSA) is 21.8 Å². The molecule has 0 aromatic heterocycles. The summed E-state index contributed by atoms with van der Waals surface area (Å²) in [5, 5.41) is 0. The van der Waals surface area contributed by atoms with Crippen LogP contribution in [0.15, 0.2) is 6.07 Å². The lowest BCUT2D eigenvalue weighted by molar-refractivity contribution is -0.0187. The summed E-state index contributed by atoms with van der Waals surface area (Å²) in [6.45, 7) is 6.49. The van der Waals surface area contributed by atoms with Gasteiger partial charge in [0.15, 0.2) is 0 Å². The van der Waals surface area contributed by atoms with E-state index in [0.717, 1.165) is 48.7 Å². The van der Waals surface area contributed by atoms with Gasteiger partial charge in [-0.15, -0.1) is 0 Å². The van der Waals surface area contributed by atoms with Crippen LogP contribution in [-0.4, -0.2) is 19.3 Å². The third-order valence-electron chi connectivity index (χ3n) is 11.8. The molecule has 33 heavy (non-hydrogen) atoms. The zero-order chi connectivity index (χ0) is 21.9. The third kappa shape index (κ3) is 3.01. The van der Waals surface area contributed by atoms with Crippen molar-refractivity contribution in [2.45, 2.75) is 108 Å². The summed E-state index contributed by atoms with van der Waals surface area (Å²) in [4.78, 5) is 0. The minimum Gasteiger partial charge on any atom is -0.490 e. The smallest absolute Gasteiger partial charge is 0.123 e. The van der Waals surface area contributed by atoms with Crippen molar-refractivity contribution in [2.75, 3.05) is 13.2 Å². The number of aryl methyl sites for hydroxylation is 1. The maximum atomic E-state index is 6.77. The second kappa shape index (κ2) is 6.80. The van der Waals surface area contributed by atoms with E-state index in [9.17, 15) is 0 Å². The minimum atomic E-state index is 0.332. The SMILES string of the molecule is Cc1cc(OCC2CO2)c(C23CC4CC(CC(C4)C2)C3)c(C23CC4CC(CC(C4)C2)C3)c1C. The predicted octanol–water partition coefficient (Wildman–Crippen LogP) is 7.02. The molecule has 0 radical (unpaired) electrons. The van der Waals surface area contributed by atoms with Gasteiger partial charge in [0.2, 0.25) is 0 Å². The van der Waals surface area contributed by atoms with Crippen molar-refractivity contribution in [3.05, 3.63) is 28.3 Å². The van der Waals surface area contributed by atoms with Gasteiger partial charge < -0.3 is 9.47 Å². The second-order valence-electron chi connectivity index (χ2n) is 14.2. The summed E-state index contributed by atoms with van der Waals surface area (Å²) in [5.41, 5.74) is 7.52. The molecule has 0 N–H and O–H groups in total. The molecule has 0 spiro atoms. The van der Waals surface area contributed by atoms with Crippen LogP contribution in [0.1, 0.15) is 99.3 Å². The molecule has 8 bridgehead atoms. The number of ether oxygens (including phenoxy) is 2. The fourth-order valence-corrected chi connectivity index (χ4v) is 11.4. The Morgan fingerprint density at radius 2 is 1.15 bits per heavy atom. The molecule has 1 aromatic carbocycles. The van der Waals surface area contributed by atoms with Gasteiger partial charge in [0, 0.05) is 11.0 Å². The van der Waals surface area contributed by atoms with Gasteiger partial charge >= 0.3 is 0 Å². The fourth-order valence-electron chi connectivity index (χ4n) is 11.4. The first-order chi connectivity index (χ1) is 16.0. The Morgan fingerprint density at radius 3 is 1.58 bits per heavy atom. The number of hydrogen-bond donors (Lipinski definition) is 0. The molecule has 178 valence electrons. The fraction of sp³-hybridized carbons (Fsp3) is 0.806. The molecule has 8 aliphatic carbocycles. The first-order valence-electron chi connectivity index (χ1n) is 14.4. The van der Waals surface area contributed by atoms with Crippen molar-refractivity contribution < 1.29 is 9.47 Å². The van der Waals surface area contributed by atoms with E-state index >= 15 is 0 Å². The maximum absolute atomic E-state index is 6.77. The highest BCUT2D eigenvalue weighted by Crippen LogP contribution is 2.67. The Bertz CT molecular complexity index is 915. The van der Waals surface area contributed by atoms with Crippen molar-refractivity contribution >= 4 is 0 Å². The highest BCUT2D eigenvalue weighted by atomic mass is 16.6. The van der Waals surface area contributed by atoms with Gasteiger partial charge in [0.1, 0.15) is 18.5 Å². The van der Waals surface area contributed by atoms with E-state index in [0.29, 0.717) is 16.9 Å². The molecule has 2 heteroatoms.